The molecular weight excluding hydrogens is 132 g/mol. The van der Waals surface area contributed by atoms with Crippen LogP contribution in [-0.4, -0.2) is 30.5 Å². The smallest absolute Gasteiger partial charge is 0.0773 e. The first-order valence-electron chi connectivity index (χ1n) is 3.37. The predicted octanol–water partition coefficient (Wildman–Crippen LogP) is 0.430. The normalized spacial score (nSPS) is 41.3. The average molecular weight is 146 g/mol. The molecule has 0 aromatic carbocycles. The Morgan fingerprint density at radius 1 is 1.11 bits per heavy atom. The third-order valence-electron chi connectivity index (χ3n) is 1.97. The second-order valence-electron chi connectivity index (χ2n) is 3.71. The van der Waals surface area contributed by atoms with Crippen molar-refractivity contribution in [3.63, 3.8) is 0 Å². The number of rotatable bonds is 0. The molecule has 3 heteroatoms. The Hall–Kier alpha value is 0.137. The summed E-state index contributed by atoms with van der Waals surface area (Å²) in [6, 6.07) is 1.74. The van der Waals surface area contributed by atoms with Crippen LogP contribution < -0.4 is 0 Å². The topological polar surface area (TPSA) is 40.5 Å². The zero-order valence-electron chi connectivity index (χ0n) is 5.96. The van der Waals surface area contributed by atoms with E-state index in [1.54, 1.807) is 0 Å². The van der Waals surface area contributed by atoms with Crippen molar-refractivity contribution >= 4 is 8.07 Å². The van der Waals surface area contributed by atoms with E-state index < -0.39 is 20.3 Å². The van der Waals surface area contributed by atoms with E-state index in [9.17, 15) is 0 Å². The first kappa shape index (κ1) is 7.25. The van der Waals surface area contributed by atoms with Crippen molar-refractivity contribution in [3.05, 3.63) is 0 Å². The first-order chi connectivity index (χ1) is 4.01. The Morgan fingerprint density at radius 3 is 1.56 bits per heavy atom. The van der Waals surface area contributed by atoms with Gasteiger partial charge in [-0.25, -0.2) is 0 Å². The highest BCUT2D eigenvalue weighted by Gasteiger charge is 2.38. The molecule has 2 N–H and O–H groups in total. The molecule has 1 aliphatic heterocycles. The monoisotopic (exact) mass is 146 g/mol. The van der Waals surface area contributed by atoms with Gasteiger partial charge in [0.2, 0.25) is 0 Å². The minimum Gasteiger partial charge on any atom is -0.391 e. The van der Waals surface area contributed by atoms with Gasteiger partial charge in [-0.3, -0.25) is 0 Å². The Labute approximate surface area is 56.5 Å². The summed E-state index contributed by atoms with van der Waals surface area (Å²) in [7, 11) is -1.17. The second-order valence-corrected chi connectivity index (χ2v) is 8.85. The molecule has 1 heterocycles. The molecule has 2 atom stereocenters. The van der Waals surface area contributed by atoms with Crippen LogP contribution in [0.1, 0.15) is 0 Å². The van der Waals surface area contributed by atoms with Gasteiger partial charge in [0.1, 0.15) is 0 Å². The molecule has 0 spiro atoms. The fourth-order valence-corrected chi connectivity index (χ4v) is 4.46. The maximum atomic E-state index is 9.12. The van der Waals surface area contributed by atoms with Crippen LogP contribution in [0, 0.1) is 0 Å². The van der Waals surface area contributed by atoms with Crippen molar-refractivity contribution in [1.82, 2.24) is 0 Å². The van der Waals surface area contributed by atoms with Crippen LogP contribution in [0.5, 0.6) is 0 Å². The molecule has 0 aromatic rings. The summed E-state index contributed by atoms with van der Waals surface area (Å²) in [6.45, 7) is 4.40. The lowest BCUT2D eigenvalue weighted by Gasteiger charge is -2.11. The molecular formula is C6H14O2Si. The molecule has 0 saturated carbocycles. The van der Waals surface area contributed by atoms with Crippen molar-refractivity contribution in [3.8, 4) is 0 Å². The van der Waals surface area contributed by atoms with Crippen molar-refractivity contribution < 1.29 is 10.2 Å². The zero-order valence-corrected chi connectivity index (χ0v) is 6.96. The Morgan fingerprint density at radius 2 is 1.44 bits per heavy atom. The molecule has 0 aliphatic carbocycles. The van der Waals surface area contributed by atoms with E-state index in [4.69, 9.17) is 10.2 Å². The van der Waals surface area contributed by atoms with E-state index in [1.807, 2.05) is 0 Å². The summed E-state index contributed by atoms with van der Waals surface area (Å²) in [6.07, 6.45) is -0.849. The van der Waals surface area contributed by atoms with Crippen LogP contribution in [0.3, 0.4) is 0 Å². The van der Waals surface area contributed by atoms with Gasteiger partial charge in [-0.15, -0.1) is 0 Å². The van der Waals surface area contributed by atoms with Gasteiger partial charge >= 0.3 is 0 Å². The van der Waals surface area contributed by atoms with E-state index in [1.165, 1.54) is 0 Å². The van der Waals surface area contributed by atoms with E-state index in [0.717, 1.165) is 12.1 Å². The minimum atomic E-state index is -1.17. The summed E-state index contributed by atoms with van der Waals surface area (Å²) >= 11 is 0. The molecule has 0 aromatic heterocycles. The number of aliphatic hydroxyl groups is 2. The van der Waals surface area contributed by atoms with Crippen LogP contribution in [0.15, 0.2) is 0 Å². The Bertz CT molecular complexity index is 102. The fourth-order valence-electron chi connectivity index (χ4n) is 1.49. The molecule has 2 nitrogen and oxygen atoms in total. The molecule has 1 aliphatic rings. The minimum absolute atomic E-state index is 0.424. The third kappa shape index (κ3) is 1.53. The molecule has 1 saturated heterocycles. The molecule has 0 bridgehead atoms. The fraction of sp³-hybridized carbons (Fsp3) is 1.00. The third-order valence-corrected chi connectivity index (χ3v) is 5.01. The SMILES string of the molecule is C[Si]1(C)C[C@@H](O)[C@H](O)C1. The summed E-state index contributed by atoms with van der Waals surface area (Å²) < 4.78 is 0. The van der Waals surface area contributed by atoms with Gasteiger partial charge in [0.15, 0.2) is 0 Å². The summed E-state index contributed by atoms with van der Waals surface area (Å²) in [5, 5.41) is 18.2. The van der Waals surface area contributed by atoms with Crippen molar-refractivity contribution in [1.29, 1.82) is 0 Å². The van der Waals surface area contributed by atoms with Gasteiger partial charge in [0.25, 0.3) is 0 Å². The standard InChI is InChI=1S/C6H14O2Si/c1-9(2)3-5(7)6(8)4-9/h5-8H,3-4H2,1-2H3/t5-,6-/m1/s1. The summed E-state index contributed by atoms with van der Waals surface area (Å²) in [5.41, 5.74) is 0. The van der Waals surface area contributed by atoms with Crippen LogP contribution in [0.4, 0.5) is 0 Å². The maximum Gasteiger partial charge on any atom is 0.0773 e. The first-order valence-corrected chi connectivity index (χ1v) is 6.79. The van der Waals surface area contributed by atoms with Gasteiger partial charge in [0.05, 0.1) is 20.3 Å². The molecule has 54 valence electrons. The second kappa shape index (κ2) is 2.07. The largest absolute Gasteiger partial charge is 0.391 e. The van der Waals surface area contributed by atoms with Gasteiger partial charge < -0.3 is 10.2 Å². The summed E-state index contributed by atoms with van der Waals surface area (Å²) in [5.74, 6) is 0. The van der Waals surface area contributed by atoms with Crippen LogP contribution in [-0.2, 0) is 0 Å². The van der Waals surface area contributed by atoms with Crippen molar-refractivity contribution in [2.45, 2.75) is 37.4 Å². The molecule has 0 unspecified atom stereocenters. The van der Waals surface area contributed by atoms with E-state index in [-0.39, 0.29) is 0 Å². The van der Waals surface area contributed by atoms with Gasteiger partial charge in [-0.1, -0.05) is 13.1 Å². The molecule has 0 radical (unpaired) electrons. The van der Waals surface area contributed by atoms with Crippen LogP contribution in [0.2, 0.25) is 25.2 Å². The number of aliphatic hydroxyl groups excluding tert-OH is 2. The quantitative estimate of drug-likeness (QED) is 0.487. The number of hydrogen-bond acceptors (Lipinski definition) is 2. The van der Waals surface area contributed by atoms with Crippen molar-refractivity contribution in [2.24, 2.45) is 0 Å². The maximum absolute atomic E-state index is 9.12. The van der Waals surface area contributed by atoms with Gasteiger partial charge in [-0.05, 0) is 12.1 Å². The van der Waals surface area contributed by atoms with Gasteiger partial charge in [0, 0.05) is 0 Å². The lowest BCUT2D eigenvalue weighted by atomic mass is 10.3. The van der Waals surface area contributed by atoms with Crippen LogP contribution in [0.25, 0.3) is 0 Å². The Kier molecular flexibility index (Phi) is 1.67. The molecule has 0 amide bonds. The number of hydrogen-bond donors (Lipinski definition) is 2. The van der Waals surface area contributed by atoms with Crippen molar-refractivity contribution in [2.75, 3.05) is 0 Å². The predicted molar refractivity (Wildman–Crippen MR) is 39.1 cm³/mol. The van der Waals surface area contributed by atoms with E-state index >= 15 is 0 Å². The molecule has 1 fully saturated rings. The lowest BCUT2D eigenvalue weighted by Crippen LogP contribution is -2.20. The highest BCUT2D eigenvalue weighted by Crippen LogP contribution is 2.29. The highest BCUT2D eigenvalue weighted by molar-refractivity contribution is 6.78. The van der Waals surface area contributed by atoms with E-state index in [2.05, 4.69) is 13.1 Å². The van der Waals surface area contributed by atoms with Crippen LogP contribution >= 0.6 is 0 Å². The van der Waals surface area contributed by atoms with Gasteiger partial charge in [-0.2, -0.15) is 0 Å². The molecule has 9 heavy (non-hydrogen) atoms. The zero-order chi connectivity index (χ0) is 7.07. The lowest BCUT2D eigenvalue weighted by molar-refractivity contribution is 0.0542. The summed E-state index contributed by atoms with van der Waals surface area (Å²) in [4.78, 5) is 0. The molecule has 1 rings (SSSR count). The Balaban J connectivity index is 2.54. The highest BCUT2D eigenvalue weighted by atomic mass is 28.3. The average Bonchev–Trinajstić information content (AvgIpc) is 1.79. The van der Waals surface area contributed by atoms with E-state index in [0.29, 0.717) is 0 Å².